The summed E-state index contributed by atoms with van der Waals surface area (Å²) in [6, 6.07) is 8.55. The van der Waals surface area contributed by atoms with Crippen LogP contribution in [-0.2, 0) is 11.2 Å². The third-order valence-electron chi connectivity index (χ3n) is 2.12. The SMILES string of the molecule is CCOCC(N)Cc1cccc(C)c1. The highest BCUT2D eigenvalue weighted by molar-refractivity contribution is 5.22. The lowest BCUT2D eigenvalue weighted by Gasteiger charge is -2.11. The lowest BCUT2D eigenvalue weighted by Crippen LogP contribution is -2.28. The first-order valence-electron chi connectivity index (χ1n) is 5.11. The molecule has 2 N–H and O–H groups in total. The predicted molar refractivity (Wildman–Crippen MR) is 59.4 cm³/mol. The van der Waals surface area contributed by atoms with E-state index in [1.165, 1.54) is 11.1 Å². The minimum atomic E-state index is 0.108. The summed E-state index contributed by atoms with van der Waals surface area (Å²) in [5, 5.41) is 0. The van der Waals surface area contributed by atoms with Crippen molar-refractivity contribution in [2.75, 3.05) is 13.2 Å². The Bertz CT molecular complexity index is 273. The number of hydrogen-bond acceptors (Lipinski definition) is 2. The van der Waals surface area contributed by atoms with E-state index in [9.17, 15) is 0 Å². The molecule has 14 heavy (non-hydrogen) atoms. The van der Waals surface area contributed by atoms with Gasteiger partial charge in [0.1, 0.15) is 0 Å². The molecule has 0 aliphatic carbocycles. The topological polar surface area (TPSA) is 35.2 Å². The molecule has 1 rings (SSSR count). The van der Waals surface area contributed by atoms with E-state index >= 15 is 0 Å². The molecule has 1 unspecified atom stereocenters. The Kier molecular flexibility index (Phi) is 4.63. The molecule has 0 saturated heterocycles. The van der Waals surface area contributed by atoms with Crippen LogP contribution in [0.2, 0.25) is 0 Å². The van der Waals surface area contributed by atoms with Gasteiger partial charge in [0.25, 0.3) is 0 Å². The number of nitrogens with two attached hydrogens (primary N) is 1. The molecule has 1 aromatic rings. The maximum Gasteiger partial charge on any atom is 0.0620 e. The highest BCUT2D eigenvalue weighted by atomic mass is 16.5. The summed E-state index contributed by atoms with van der Waals surface area (Å²) in [5.74, 6) is 0. The molecule has 0 fully saturated rings. The van der Waals surface area contributed by atoms with E-state index in [-0.39, 0.29) is 6.04 Å². The molecular weight excluding hydrogens is 174 g/mol. The molecule has 2 heteroatoms. The lowest BCUT2D eigenvalue weighted by atomic mass is 10.1. The van der Waals surface area contributed by atoms with Gasteiger partial charge in [-0.1, -0.05) is 29.8 Å². The summed E-state index contributed by atoms with van der Waals surface area (Å²) in [6.45, 7) is 5.46. The van der Waals surface area contributed by atoms with Crippen molar-refractivity contribution in [3.63, 3.8) is 0 Å². The summed E-state index contributed by atoms with van der Waals surface area (Å²) in [5.41, 5.74) is 8.49. The maximum absolute atomic E-state index is 5.92. The second-order valence-electron chi connectivity index (χ2n) is 3.61. The summed E-state index contributed by atoms with van der Waals surface area (Å²) in [4.78, 5) is 0. The summed E-state index contributed by atoms with van der Waals surface area (Å²) < 4.78 is 5.27. The lowest BCUT2D eigenvalue weighted by molar-refractivity contribution is 0.133. The van der Waals surface area contributed by atoms with E-state index in [2.05, 4.69) is 31.2 Å². The smallest absolute Gasteiger partial charge is 0.0620 e. The highest BCUT2D eigenvalue weighted by Crippen LogP contribution is 2.06. The number of aryl methyl sites for hydroxylation is 1. The molecular formula is C12H19NO. The molecule has 0 amide bonds. The van der Waals surface area contributed by atoms with Crippen molar-refractivity contribution in [1.82, 2.24) is 0 Å². The van der Waals surface area contributed by atoms with Crippen molar-refractivity contribution in [3.8, 4) is 0 Å². The van der Waals surface area contributed by atoms with Crippen LogP contribution in [0.15, 0.2) is 24.3 Å². The molecule has 0 radical (unpaired) electrons. The van der Waals surface area contributed by atoms with E-state index in [0.717, 1.165) is 13.0 Å². The van der Waals surface area contributed by atoms with E-state index in [1.807, 2.05) is 6.92 Å². The Hall–Kier alpha value is -0.860. The monoisotopic (exact) mass is 193 g/mol. The van der Waals surface area contributed by atoms with Gasteiger partial charge in [-0.25, -0.2) is 0 Å². The average molecular weight is 193 g/mol. The van der Waals surface area contributed by atoms with E-state index in [0.29, 0.717) is 6.61 Å². The van der Waals surface area contributed by atoms with Crippen molar-refractivity contribution >= 4 is 0 Å². The van der Waals surface area contributed by atoms with Gasteiger partial charge in [-0.15, -0.1) is 0 Å². The third-order valence-corrected chi connectivity index (χ3v) is 2.12. The van der Waals surface area contributed by atoms with Crippen molar-refractivity contribution in [2.24, 2.45) is 5.73 Å². The van der Waals surface area contributed by atoms with Crippen LogP contribution < -0.4 is 5.73 Å². The first-order chi connectivity index (χ1) is 6.72. The van der Waals surface area contributed by atoms with Crippen LogP contribution >= 0.6 is 0 Å². The fraction of sp³-hybridized carbons (Fsp3) is 0.500. The van der Waals surface area contributed by atoms with Gasteiger partial charge in [-0.2, -0.15) is 0 Å². The fourth-order valence-corrected chi connectivity index (χ4v) is 1.47. The van der Waals surface area contributed by atoms with Gasteiger partial charge in [-0.3, -0.25) is 0 Å². The molecule has 78 valence electrons. The molecule has 0 aliphatic rings. The molecule has 1 aromatic carbocycles. The average Bonchev–Trinajstić information content (AvgIpc) is 2.15. The fourth-order valence-electron chi connectivity index (χ4n) is 1.47. The van der Waals surface area contributed by atoms with E-state index in [4.69, 9.17) is 10.5 Å². The Balaban J connectivity index is 2.43. The van der Waals surface area contributed by atoms with Crippen molar-refractivity contribution < 1.29 is 4.74 Å². The quantitative estimate of drug-likeness (QED) is 0.775. The van der Waals surface area contributed by atoms with Gasteiger partial charge in [0.15, 0.2) is 0 Å². The molecule has 0 bridgehead atoms. The van der Waals surface area contributed by atoms with Crippen LogP contribution in [-0.4, -0.2) is 19.3 Å². The van der Waals surface area contributed by atoms with Gasteiger partial charge in [0.2, 0.25) is 0 Å². The Morgan fingerprint density at radius 2 is 2.21 bits per heavy atom. The van der Waals surface area contributed by atoms with Crippen molar-refractivity contribution in [1.29, 1.82) is 0 Å². The van der Waals surface area contributed by atoms with Crippen LogP contribution in [0.5, 0.6) is 0 Å². The normalized spacial score (nSPS) is 12.8. The van der Waals surface area contributed by atoms with Gasteiger partial charge in [0.05, 0.1) is 6.61 Å². The zero-order chi connectivity index (χ0) is 10.4. The van der Waals surface area contributed by atoms with Crippen LogP contribution in [0.1, 0.15) is 18.1 Å². The van der Waals surface area contributed by atoms with Gasteiger partial charge in [0, 0.05) is 12.6 Å². The van der Waals surface area contributed by atoms with Gasteiger partial charge >= 0.3 is 0 Å². The first kappa shape index (κ1) is 11.2. The summed E-state index contributed by atoms with van der Waals surface area (Å²) in [6.07, 6.45) is 0.891. The molecule has 0 spiro atoms. The standard InChI is InChI=1S/C12H19NO/c1-3-14-9-12(13)8-11-6-4-5-10(2)7-11/h4-7,12H,3,8-9,13H2,1-2H3. The number of benzene rings is 1. The molecule has 0 saturated carbocycles. The molecule has 2 nitrogen and oxygen atoms in total. The minimum absolute atomic E-state index is 0.108. The van der Waals surface area contributed by atoms with Gasteiger partial charge < -0.3 is 10.5 Å². The second kappa shape index (κ2) is 5.78. The Morgan fingerprint density at radius 1 is 1.43 bits per heavy atom. The second-order valence-corrected chi connectivity index (χ2v) is 3.61. The van der Waals surface area contributed by atoms with E-state index < -0.39 is 0 Å². The summed E-state index contributed by atoms with van der Waals surface area (Å²) >= 11 is 0. The number of rotatable bonds is 5. The number of hydrogen-bond donors (Lipinski definition) is 1. The Morgan fingerprint density at radius 3 is 2.86 bits per heavy atom. The largest absolute Gasteiger partial charge is 0.380 e. The molecule has 0 aliphatic heterocycles. The van der Waals surface area contributed by atoms with Crippen LogP contribution in [0, 0.1) is 6.92 Å². The van der Waals surface area contributed by atoms with Crippen molar-refractivity contribution in [3.05, 3.63) is 35.4 Å². The maximum atomic E-state index is 5.92. The minimum Gasteiger partial charge on any atom is -0.380 e. The Labute approximate surface area is 86.1 Å². The summed E-state index contributed by atoms with van der Waals surface area (Å²) in [7, 11) is 0. The molecule has 1 atom stereocenters. The highest BCUT2D eigenvalue weighted by Gasteiger charge is 2.03. The predicted octanol–water partition coefficient (Wildman–Crippen LogP) is 1.90. The van der Waals surface area contributed by atoms with Gasteiger partial charge in [-0.05, 0) is 25.8 Å². The zero-order valence-electron chi connectivity index (χ0n) is 8.99. The van der Waals surface area contributed by atoms with E-state index in [1.54, 1.807) is 0 Å². The molecule has 0 heterocycles. The van der Waals surface area contributed by atoms with Crippen LogP contribution in [0.3, 0.4) is 0 Å². The van der Waals surface area contributed by atoms with Crippen LogP contribution in [0.25, 0.3) is 0 Å². The van der Waals surface area contributed by atoms with Crippen molar-refractivity contribution in [2.45, 2.75) is 26.3 Å². The molecule has 0 aromatic heterocycles. The number of ether oxygens (including phenoxy) is 1. The third kappa shape index (κ3) is 3.90. The first-order valence-corrected chi connectivity index (χ1v) is 5.11. The van der Waals surface area contributed by atoms with Crippen LogP contribution in [0.4, 0.5) is 0 Å². The zero-order valence-corrected chi connectivity index (χ0v) is 8.99.